The van der Waals surface area contributed by atoms with Gasteiger partial charge >= 0.3 is 5.97 Å². The molecule has 1 N–H and O–H groups in total. The average molecular weight is 264 g/mol. The zero-order chi connectivity index (χ0) is 13.9. The lowest BCUT2D eigenvalue weighted by Gasteiger charge is -2.08. The number of benzene rings is 3. The van der Waals surface area contributed by atoms with Crippen LogP contribution in [0.3, 0.4) is 0 Å². The maximum Gasteiger partial charge on any atom is 0.303 e. The maximum atomic E-state index is 10.6. The van der Waals surface area contributed by atoms with Crippen LogP contribution in [-0.4, -0.2) is 11.1 Å². The summed E-state index contributed by atoms with van der Waals surface area (Å²) in [7, 11) is 0. The molecule has 0 fully saturated rings. The van der Waals surface area contributed by atoms with Crippen LogP contribution in [0.25, 0.3) is 21.5 Å². The highest BCUT2D eigenvalue weighted by molar-refractivity contribution is 5.99. The first-order valence-corrected chi connectivity index (χ1v) is 6.86. The number of fused-ring (bicyclic) bond motifs is 2. The van der Waals surface area contributed by atoms with Gasteiger partial charge in [0.25, 0.3) is 0 Å². The zero-order valence-electron chi connectivity index (χ0n) is 11.2. The standard InChI is InChI=1S/C18H16O2/c19-18(20)10-4-8-13-7-3-9-16-11-14-5-1-2-6-15(14)12-17(13)16/h1-3,5-7,9,11-12H,4,8,10H2,(H,19,20). The lowest BCUT2D eigenvalue weighted by atomic mass is 9.97. The summed E-state index contributed by atoms with van der Waals surface area (Å²) in [4.78, 5) is 10.6. The number of aryl methyl sites for hydroxylation is 1. The predicted octanol–water partition coefficient (Wildman–Crippen LogP) is 4.40. The van der Waals surface area contributed by atoms with Crippen LogP contribution < -0.4 is 0 Å². The first kappa shape index (κ1) is 12.7. The van der Waals surface area contributed by atoms with Crippen LogP contribution in [0.15, 0.2) is 54.6 Å². The summed E-state index contributed by atoms with van der Waals surface area (Å²) in [6.45, 7) is 0. The van der Waals surface area contributed by atoms with Crippen molar-refractivity contribution in [3.05, 3.63) is 60.2 Å². The van der Waals surface area contributed by atoms with Crippen LogP contribution in [0, 0.1) is 0 Å². The maximum absolute atomic E-state index is 10.6. The van der Waals surface area contributed by atoms with Crippen molar-refractivity contribution in [2.45, 2.75) is 19.3 Å². The van der Waals surface area contributed by atoms with Crippen molar-refractivity contribution in [3.8, 4) is 0 Å². The summed E-state index contributed by atoms with van der Waals surface area (Å²) in [5, 5.41) is 13.7. The molecule has 0 aliphatic heterocycles. The van der Waals surface area contributed by atoms with E-state index >= 15 is 0 Å². The van der Waals surface area contributed by atoms with Gasteiger partial charge in [0.1, 0.15) is 0 Å². The second-order valence-corrected chi connectivity index (χ2v) is 5.08. The lowest BCUT2D eigenvalue weighted by Crippen LogP contribution is -1.96. The molecule has 100 valence electrons. The Balaban J connectivity index is 2.03. The smallest absolute Gasteiger partial charge is 0.303 e. The number of hydrogen-bond acceptors (Lipinski definition) is 1. The molecule has 0 heterocycles. The summed E-state index contributed by atoms with van der Waals surface area (Å²) in [5.41, 5.74) is 1.23. The Labute approximate surface area is 117 Å². The van der Waals surface area contributed by atoms with Gasteiger partial charge in [-0.05, 0) is 52.1 Å². The van der Waals surface area contributed by atoms with E-state index in [9.17, 15) is 4.79 Å². The molecule has 0 saturated carbocycles. The summed E-state index contributed by atoms with van der Waals surface area (Å²) in [5.74, 6) is -0.726. The Hall–Kier alpha value is -2.35. The first-order valence-electron chi connectivity index (χ1n) is 6.86. The van der Waals surface area contributed by atoms with Crippen LogP contribution in [0.4, 0.5) is 0 Å². The summed E-state index contributed by atoms with van der Waals surface area (Å²) >= 11 is 0. The second kappa shape index (κ2) is 5.33. The molecule has 0 aliphatic rings. The van der Waals surface area contributed by atoms with Gasteiger partial charge in [0.15, 0.2) is 0 Å². The first-order chi connectivity index (χ1) is 9.74. The van der Waals surface area contributed by atoms with Gasteiger partial charge in [0.05, 0.1) is 0 Å². The Morgan fingerprint density at radius 2 is 1.60 bits per heavy atom. The molecule has 3 aromatic carbocycles. The van der Waals surface area contributed by atoms with E-state index in [1.54, 1.807) is 0 Å². The third kappa shape index (κ3) is 2.50. The van der Waals surface area contributed by atoms with Crippen LogP contribution in [0.1, 0.15) is 18.4 Å². The topological polar surface area (TPSA) is 37.3 Å². The van der Waals surface area contributed by atoms with E-state index in [-0.39, 0.29) is 6.42 Å². The van der Waals surface area contributed by atoms with Crippen LogP contribution in [-0.2, 0) is 11.2 Å². The fraction of sp³-hybridized carbons (Fsp3) is 0.167. The number of carbonyl (C=O) groups is 1. The molecule has 0 unspecified atom stereocenters. The van der Waals surface area contributed by atoms with Crippen molar-refractivity contribution in [3.63, 3.8) is 0 Å². The van der Waals surface area contributed by atoms with Crippen molar-refractivity contribution < 1.29 is 9.90 Å². The minimum atomic E-state index is -0.726. The van der Waals surface area contributed by atoms with Crippen LogP contribution in [0.2, 0.25) is 0 Å². The van der Waals surface area contributed by atoms with Crippen molar-refractivity contribution >= 4 is 27.5 Å². The average Bonchev–Trinajstić information content (AvgIpc) is 2.45. The van der Waals surface area contributed by atoms with Gasteiger partial charge in [0, 0.05) is 6.42 Å². The number of aliphatic carboxylic acids is 1. The van der Waals surface area contributed by atoms with E-state index in [4.69, 9.17) is 5.11 Å². The Morgan fingerprint density at radius 3 is 2.35 bits per heavy atom. The minimum absolute atomic E-state index is 0.226. The van der Waals surface area contributed by atoms with Gasteiger partial charge in [0.2, 0.25) is 0 Å². The van der Waals surface area contributed by atoms with Crippen molar-refractivity contribution in [1.82, 2.24) is 0 Å². The largest absolute Gasteiger partial charge is 0.481 e. The monoisotopic (exact) mass is 264 g/mol. The number of rotatable bonds is 4. The Kier molecular flexibility index (Phi) is 3.38. The van der Waals surface area contributed by atoms with Gasteiger partial charge in [-0.25, -0.2) is 0 Å². The molecular formula is C18H16O2. The van der Waals surface area contributed by atoms with Gasteiger partial charge in [-0.15, -0.1) is 0 Å². The molecule has 0 spiro atoms. The molecular weight excluding hydrogens is 248 g/mol. The molecule has 0 saturated heterocycles. The highest BCUT2D eigenvalue weighted by Gasteiger charge is 2.04. The fourth-order valence-corrected chi connectivity index (χ4v) is 2.68. The molecule has 3 rings (SSSR count). The Bertz CT molecular complexity index is 775. The number of carboxylic acid groups (broad SMARTS) is 1. The summed E-state index contributed by atoms with van der Waals surface area (Å²) in [6.07, 6.45) is 1.72. The predicted molar refractivity (Wildman–Crippen MR) is 82.0 cm³/mol. The summed E-state index contributed by atoms with van der Waals surface area (Å²) in [6, 6.07) is 19.0. The molecule has 0 bridgehead atoms. The number of hydrogen-bond donors (Lipinski definition) is 1. The van der Waals surface area contributed by atoms with Crippen molar-refractivity contribution in [2.24, 2.45) is 0 Å². The second-order valence-electron chi connectivity index (χ2n) is 5.08. The molecule has 2 heteroatoms. The van der Waals surface area contributed by atoms with Gasteiger partial charge in [-0.2, -0.15) is 0 Å². The lowest BCUT2D eigenvalue weighted by molar-refractivity contribution is -0.137. The quantitative estimate of drug-likeness (QED) is 0.709. The Morgan fingerprint density at radius 1 is 0.900 bits per heavy atom. The molecule has 2 nitrogen and oxygen atoms in total. The van der Waals surface area contributed by atoms with Crippen molar-refractivity contribution in [2.75, 3.05) is 0 Å². The summed E-state index contributed by atoms with van der Waals surface area (Å²) < 4.78 is 0. The molecule has 3 aromatic rings. The third-order valence-corrected chi connectivity index (χ3v) is 3.67. The fourth-order valence-electron chi connectivity index (χ4n) is 2.68. The zero-order valence-corrected chi connectivity index (χ0v) is 11.2. The van der Waals surface area contributed by atoms with Crippen molar-refractivity contribution in [1.29, 1.82) is 0 Å². The highest BCUT2D eigenvalue weighted by atomic mass is 16.4. The van der Waals surface area contributed by atoms with E-state index < -0.39 is 5.97 Å². The normalized spacial score (nSPS) is 11.0. The highest BCUT2D eigenvalue weighted by Crippen LogP contribution is 2.26. The number of carboxylic acids is 1. The van der Waals surface area contributed by atoms with Gasteiger partial charge < -0.3 is 5.11 Å². The molecule has 0 aliphatic carbocycles. The van der Waals surface area contributed by atoms with E-state index in [2.05, 4.69) is 36.4 Å². The van der Waals surface area contributed by atoms with E-state index in [1.165, 1.54) is 27.1 Å². The van der Waals surface area contributed by atoms with E-state index in [1.807, 2.05) is 18.2 Å². The molecule has 0 aromatic heterocycles. The third-order valence-electron chi connectivity index (χ3n) is 3.67. The molecule has 0 radical (unpaired) electrons. The molecule has 20 heavy (non-hydrogen) atoms. The van der Waals surface area contributed by atoms with E-state index in [0.29, 0.717) is 6.42 Å². The minimum Gasteiger partial charge on any atom is -0.481 e. The van der Waals surface area contributed by atoms with Gasteiger partial charge in [-0.1, -0.05) is 42.5 Å². The van der Waals surface area contributed by atoms with Crippen LogP contribution in [0.5, 0.6) is 0 Å². The SMILES string of the molecule is O=C(O)CCCc1cccc2cc3ccccc3cc12. The van der Waals surface area contributed by atoms with Crippen LogP contribution >= 0.6 is 0 Å². The molecule has 0 amide bonds. The molecule has 0 atom stereocenters. The van der Waals surface area contributed by atoms with E-state index in [0.717, 1.165) is 6.42 Å². The van der Waals surface area contributed by atoms with Gasteiger partial charge in [-0.3, -0.25) is 4.79 Å².